The number of hydrogen-bond donors (Lipinski definition) is 1. The molecule has 0 saturated carbocycles. The maximum atomic E-state index is 13.7. The van der Waals surface area contributed by atoms with Crippen LogP contribution in [0.4, 0.5) is 0 Å². The average molecular weight is 524 g/mol. The zero-order chi connectivity index (χ0) is 26.7. The number of carbonyl (C=O) groups excluding carboxylic acids is 1. The molecular formula is C34H38NO2P. The number of carbonyl (C=O) groups is 1. The Balaban J connectivity index is 1.50. The van der Waals surface area contributed by atoms with E-state index in [9.17, 15) is 4.79 Å². The Kier molecular flexibility index (Phi) is 10.3. The van der Waals surface area contributed by atoms with Gasteiger partial charge in [-0.25, -0.2) is 4.79 Å². The van der Waals surface area contributed by atoms with Gasteiger partial charge >= 0.3 is 5.97 Å². The van der Waals surface area contributed by atoms with Crippen molar-refractivity contribution in [3.05, 3.63) is 126 Å². The quantitative estimate of drug-likeness (QED) is 0.132. The summed E-state index contributed by atoms with van der Waals surface area (Å²) in [5.41, 5.74) is 1.93. The molecule has 1 N–H and O–H groups in total. The fourth-order valence-electron chi connectivity index (χ4n) is 4.84. The van der Waals surface area contributed by atoms with Crippen LogP contribution in [0.25, 0.3) is 0 Å². The summed E-state index contributed by atoms with van der Waals surface area (Å²) in [7, 11) is -0.900. The van der Waals surface area contributed by atoms with Crippen LogP contribution in [0.3, 0.4) is 0 Å². The van der Waals surface area contributed by atoms with Crippen molar-refractivity contribution in [3.8, 4) is 0 Å². The fourth-order valence-corrected chi connectivity index (χ4v) is 7.28. The van der Waals surface area contributed by atoms with E-state index in [1.165, 1.54) is 16.2 Å². The van der Waals surface area contributed by atoms with Crippen molar-refractivity contribution < 1.29 is 9.53 Å². The molecule has 4 heteroatoms. The first-order valence-electron chi connectivity index (χ1n) is 13.5. The zero-order valence-corrected chi connectivity index (χ0v) is 23.5. The summed E-state index contributed by atoms with van der Waals surface area (Å²) in [6.45, 7) is 8.18. The molecule has 3 nitrogen and oxygen atoms in total. The molecule has 0 unspecified atom stereocenters. The van der Waals surface area contributed by atoms with E-state index in [0.717, 1.165) is 24.8 Å². The number of ether oxygens (including phenoxy) is 1. The molecule has 0 fully saturated rings. The van der Waals surface area contributed by atoms with Gasteiger partial charge in [0.15, 0.2) is 0 Å². The van der Waals surface area contributed by atoms with E-state index in [1.54, 1.807) is 0 Å². The maximum Gasteiger partial charge on any atom is 0.339 e. The van der Waals surface area contributed by atoms with Crippen LogP contribution < -0.4 is 21.2 Å². The average Bonchev–Trinajstić information content (AvgIpc) is 2.96. The lowest BCUT2D eigenvalue weighted by Gasteiger charge is -2.29. The van der Waals surface area contributed by atoms with Crippen molar-refractivity contribution in [2.75, 3.05) is 6.54 Å². The van der Waals surface area contributed by atoms with Gasteiger partial charge in [0, 0.05) is 6.54 Å². The van der Waals surface area contributed by atoms with Crippen LogP contribution in [-0.4, -0.2) is 18.6 Å². The third-order valence-electron chi connectivity index (χ3n) is 6.80. The first-order valence-corrected chi connectivity index (χ1v) is 14.8. The number of nitrogens with one attached hydrogen (secondary N) is 1. The summed E-state index contributed by atoms with van der Waals surface area (Å²) in [5.74, 6) is 0.224. The van der Waals surface area contributed by atoms with Gasteiger partial charge in [0.2, 0.25) is 0 Å². The Labute approximate surface area is 229 Å². The highest BCUT2D eigenvalue weighted by Gasteiger charge is 2.28. The van der Waals surface area contributed by atoms with Crippen molar-refractivity contribution in [2.24, 2.45) is 11.8 Å². The largest absolute Gasteiger partial charge is 0.458 e. The summed E-state index contributed by atoms with van der Waals surface area (Å²) >= 11 is 0. The highest BCUT2D eigenvalue weighted by atomic mass is 31.1. The predicted molar refractivity (Wildman–Crippen MR) is 161 cm³/mol. The summed E-state index contributed by atoms with van der Waals surface area (Å²) < 4.78 is 6.28. The second-order valence-electron chi connectivity index (χ2n) is 10.1. The molecule has 4 aromatic rings. The minimum absolute atomic E-state index is 0.159. The molecule has 0 amide bonds. The van der Waals surface area contributed by atoms with Crippen LogP contribution in [0.2, 0.25) is 0 Å². The number of esters is 1. The first kappa shape index (κ1) is 27.8. The molecule has 0 radical (unpaired) electrons. The predicted octanol–water partition coefficient (Wildman–Crippen LogP) is 6.44. The highest BCUT2D eigenvalue weighted by molar-refractivity contribution is 7.80. The van der Waals surface area contributed by atoms with Gasteiger partial charge in [0.25, 0.3) is 0 Å². The van der Waals surface area contributed by atoms with Gasteiger partial charge < -0.3 is 10.1 Å². The van der Waals surface area contributed by atoms with Gasteiger partial charge in [-0.3, -0.25) is 0 Å². The van der Waals surface area contributed by atoms with E-state index >= 15 is 0 Å². The Hall–Kier alpha value is -3.26. The van der Waals surface area contributed by atoms with Gasteiger partial charge in [-0.2, -0.15) is 0 Å². The molecule has 0 saturated heterocycles. The van der Waals surface area contributed by atoms with Crippen molar-refractivity contribution >= 4 is 29.8 Å². The van der Waals surface area contributed by atoms with Crippen LogP contribution in [-0.2, 0) is 11.3 Å². The smallest absolute Gasteiger partial charge is 0.339 e. The second kappa shape index (κ2) is 14.0. The third kappa shape index (κ3) is 7.40. The van der Waals surface area contributed by atoms with E-state index in [1.807, 2.05) is 36.4 Å². The minimum atomic E-state index is -0.900. The van der Waals surface area contributed by atoms with Gasteiger partial charge in [0.05, 0.1) is 5.56 Å². The van der Waals surface area contributed by atoms with E-state index in [4.69, 9.17) is 4.74 Å². The van der Waals surface area contributed by atoms with Gasteiger partial charge in [-0.05, 0) is 60.3 Å². The molecule has 0 aliphatic carbocycles. The van der Waals surface area contributed by atoms with Crippen molar-refractivity contribution in [1.82, 2.24) is 5.32 Å². The molecule has 0 spiro atoms. The number of benzene rings is 4. The molecular weight excluding hydrogens is 485 g/mol. The monoisotopic (exact) mass is 523 g/mol. The summed E-state index contributed by atoms with van der Waals surface area (Å²) in [6.07, 6.45) is 0.777. The van der Waals surface area contributed by atoms with Crippen LogP contribution in [0.5, 0.6) is 0 Å². The molecule has 196 valence electrons. The fraction of sp³-hybridized carbons (Fsp3) is 0.265. The van der Waals surface area contributed by atoms with Crippen molar-refractivity contribution in [2.45, 2.75) is 39.8 Å². The molecule has 38 heavy (non-hydrogen) atoms. The van der Waals surface area contributed by atoms with Crippen LogP contribution in [0.15, 0.2) is 115 Å². The second-order valence-corrected chi connectivity index (χ2v) is 12.3. The molecule has 0 aromatic heterocycles. The molecule has 2 atom stereocenters. The first-order chi connectivity index (χ1) is 18.5. The molecule has 4 aromatic carbocycles. The summed E-state index contributed by atoms with van der Waals surface area (Å²) in [4.78, 5) is 13.7. The van der Waals surface area contributed by atoms with E-state index < -0.39 is 7.92 Å². The highest BCUT2D eigenvalue weighted by Crippen LogP contribution is 2.34. The van der Waals surface area contributed by atoms with Crippen LogP contribution >= 0.6 is 7.92 Å². The normalized spacial score (nSPS) is 12.9. The van der Waals surface area contributed by atoms with Gasteiger partial charge in [-0.15, -0.1) is 0 Å². The van der Waals surface area contributed by atoms with Crippen LogP contribution in [0, 0.1) is 11.8 Å². The van der Waals surface area contributed by atoms with E-state index in [2.05, 4.69) is 105 Å². The molecule has 0 bridgehead atoms. The SMILES string of the molecule is CC(C)[C@@H](OC(=O)c1ccccc1P(c1ccccc1)c1ccccc1)[C@H](C)CCNCc1ccccc1. The number of rotatable bonds is 12. The summed E-state index contributed by atoms with van der Waals surface area (Å²) in [6, 6.07) is 39.3. The van der Waals surface area contributed by atoms with Gasteiger partial charge in [-0.1, -0.05) is 130 Å². The van der Waals surface area contributed by atoms with Gasteiger partial charge in [0.1, 0.15) is 6.10 Å². The number of hydrogen-bond acceptors (Lipinski definition) is 3. The molecule has 0 aliphatic heterocycles. The lowest BCUT2D eigenvalue weighted by molar-refractivity contribution is -0.000756. The van der Waals surface area contributed by atoms with Crippen molar-refractivity contribution in [3.63, 3.8) is 0 Å². The molecule has 4 rings (SSSR count). The third-order valence-corrected chi connectivity index (χ3v) is 9.30. The lowest BCUT2D eigenvalue weighted by Crippen LogP contribution is -2.34. The summed E-state index contributed by atoms with van der Waals surface area (Å²) in [5, 5.41) is 7.00. The Morgan fingerprint density at radius 3 is 1.84 bits per heavy atom. The minimum Gasteiger partial charge on any atom is -0.458 e. The van der Waals surface area contributed by atoms with Crippen LogP contribution in [0.1, 0.15) is 43.1 Å². The maximum absolute atomic E-state index is 13.7. The van der Waals surface area contributed by atoms with E-state index in [0.29, 0.717) is 5.56 Å². The Morgan fingerprint density at radius 1 is 0.737 bits per heavy atom. The topological polar surface area (TPSA) is 38.3 Å². The molecule has 0 aliphatic rings. The molecule has 0 heterocycles. The van der Waals surface area contributed by atoms with E-state index in [-0.39, 0.29) is 23.9 Å². The van der Waals surface area contributed by atoms with Crippen molar-refractivity contribution in [1.29, 1.82) is 0 Å². The standard InChI is InChI=1S/C34H38NO2P/c1-26(2)33(27(3)23-24-35-25-28-15-7-4-8-16-28)37-34(36)31-21-13-14-22-32(31)38(29-17-9-5-10-18-29)30-19-11-6-12-20-30/h4-22,26-27,33,35H,23-25H2,1-3H3/t27-,33-/m1/s1. The Morgan fingerprint density at radius 2 is 1.26 bits per heavy atom. The lowest BCUT2D eigenvalue weighted by atomic mass is 9.92. The zero-order valence-electron chi connectivity index (χ0n) is 22.6. The Bertz CT molecular complexity index is 1220.